The van der Waals surface area contributed by atoms with E-state index < -0.39 is 0 Å². The van der Waals surface area contributed by atoms with Gasteiger partial charge in [0.2, 0.25) is 11.1 Å². The normalized spacial score (nSPS) is 10.3. The van der Waals surface area contributed by atoms with Crippen LogP contribution in [-0.4, -0.2) is 20.9 Å². The maximum absolute atomic E-state index is 5.51. The van der Waals surface area contributed by atoms with Crippen molar-refractivity contribution >= 4 is 22.6 Å². The average molecular weight is 235 g/mol. The molecule has 16 heavy (non-hydrogen) atoms. The average Bonchev–Trinajstić information content (AvgIpc) is 2.74. The minimum absolute atomic E-state index is 0.333. The summed E-state index contributed by atoms with van der Waals surface area (Å²) in [6.07, 6.45) is 1.79. The quantitative estimate of drug-likeness (QED) is 0.870. The highest BCUT2D eigenvalue weighted by Crippen LogP contribution is 2.19. The molecule has 6 heteroatoms. The minimum Gasteiger partial charge on any atom is -0.367 e. The van der Waals surface area contributed by atoms with Crippen LogP contribution >= 0.6 is 11.5 Å². The fourth-order valence-electron chi connectivity index (χ4n) is 1.36. The molecule has 0 fully saturated rings. The van der Waals surface area contributed by atoms with Crippen LogP contribution in [0, 0.1) is 0 Å². The summed E-state index contributed by atoms with van der Waals surface area (Å²) in [7, 11) is 0. The van der Waals surface area contributed by atoms with Crippen molar-refractivity contribution < 1.29 is 0 Å². The number of nitrogens with two attached hydrogens (primary N) is 1. The molecule has 0 aromatic carbocycles. The molecule has 0 aliphatic rings. The number of aromatic nitrogens is 3. The van der Waals surface area contributed by atoms with Crippen molar-refractivity contribution in [3.8, 4) is 0 Å². The Bertz CT molecular complexity index is 441. The van der Waals surface area contributed by atoms with E-state index in [2.05, 4.69) is 26.2 Å². The van der Waals surface area contributed by atoms with Crippen LogP contribution in [0.5, 0.6) is 0 Å². The van der Waals surface area contributed by atoms with E-state index in [9.17, 15) is 0 Å². The highest BCUT2D eigenvalue weighted by atomic mass is 32.1. The molecule has 84 valence electrons. The summed E-state index contributed by atoms with van der Waals surface area (Å²) in [5.41, 5.74) is 6.52. The molecule has 2 heterocycles. The third kappa shape index (κ3) is 2.46. The standard InChI is InChI=1S/C10H13N5S/c1-2-15(10-13-9(11)14-16-10)7-8-5-3-4-6-12-8/h3-6H,2,7H2,1H3,(H2,11,14). The lowest BCUT2D eigenvalue weighted by molar-refractivity contribution is 0.805. The van der Waals surface area contributed by atoms with E-state index >= 15 is 0 Å². The van der Waals surface area contributed by atoms with Gasteiger partial charge in [-0.3, -0.25) is 4.98 Å². The molecule has 0 atom stereocenters. The largest absolute Gasteiger partial charge is 0.367 e. The molecule has 2 aromatic rings. The molecular formula is C10H13N5S. The molecule has 2 rings (SSSR count). The zero-order valence-corrected chi connectivity index (χ0v) is 9.81. The zero-order valence-electron chi connectivity index (χ0n) is 9.00. The lowest BCUT2D eigenvalue weighted by Crippen LogP contribution is -2.22. The van der Waals surface area contributed by atoms with Gasteiger partial charge in [0.15, 0.2) is 0 Å². The van der Waals surface area contributed by atoms with Crippen LogP contribution in [0.25, 0.3) is 0 Å². The van der Waals surface area contributed by atoms with Crippen LogP contribution in [0.2, 0.25) is 0 Å². The van der Waals surface area contributed by atoms with Crippen molar-refractivity contribution in [2.75, 3.05) is 17.2 Å². The number of hydrogen-bond acceptors (Lipinski definition) is 6. The minimum atomic E-state index is 0.333. The maximum atomic E-state index is 5.51. The second kappa shape index (κ2) is 4.89. The van der Waals surface area contributed by atoms with Crippen molar-refractivity contribution in [2.24, 2.45) is 0 Å². The molecule has 0 radical (unpaired) electrons. The molecule has 0 unspecified atom stereocenters. The number of nitrogen functional groups attached to an aromatic ring is 1. The van der Waals surface area contributed by atoms with Crippen LogP contribution in [0.4, 0.5) is 11.1 Å². The van der Waals surface area contributed by atoms with E-state index in [-0.39, 0.29) is 0 Å². The molecular weight excluding hydrogens is 222 g/mol. The first-order valence-electron chi connectivity index (χ1n) is 5.03. The predicted molar refractivity (Wildman–Crippen MR) is 65.3 cm³/mol. The summed E-state index contributed by atoms with van der Waals surface area (Å²) in [5.74, 6) is 0.333. The first kappa shape index (κ1) is 10.8. The Morgan fingerprint density at radius 2 is 2.31 bits per heavy atom. The number of anilines is 2. The number of hydrogen-bond donors (Lipinski definition) is 1. The van der Waals surface area contributed by atoms with E-state index in [1.54, 1.807) is 6.20 Å². The maximum Gasteiger partial charge on any atom is 0.233 e. The lowest BCUT2D eigenvalue weighted by Gasteiger charge is -2.18. The van der Waals surface area contributed by atoms with Crippen LogP contribution < -0.4 is 10.6 Å². The van der Waals surface area contributed by atoms with Crippen molar-refractivity contribution in [3.63, 3.8) is 0 Å². The van der Waals surface area contributed by atoms with Crippen LogP contribution in [0.3, 0.4) is 0 Å². The van der Waals surface area contributed by atoms with Gasteiger partial charge in [0.05, 0.1) is 12.2 Å². The fourth-order valence-corrected chi connectivity index (χ4v) is 2.02. The lowest BCUT2D eigenvalue weighted by atomic mass is 10.3. The molecule has 0 bridgehead atoms. The van der Waals surface area contributed by atoms with Crippen LogP contribution in [0.1, 0.15) is 12.6 Å². The van der Waals surface area contributed by atoms with Crippen molar-refractivity contribution in [1.29, 1.82) is 0 Å². The van der Waals surface area contributed by atoms with Crippen molar-refractivity contribution in [1.82, 2.24) is 14.3 Å². The van der Waals surface area contributed by atoms with Crippen LogP contribution in [-0.2, 0) is 6.54 Å². The van der Waals surface area contributed by atoms with Gasteiger partial charge in [-0.25, -0.2) is 0 Å². The Labute approximate surface area is 98.1 Å². The molecule has 0 spiro atoms. The van der Waals surface area contributed by atoms with Gasteiger partial charge in [0, 0.05) is 24.3 Å². The summed E-state index contributed by atoms with van der Waals surface area (Å²) < 4.78 is 3.97. The first-order valence-corrected chi connectivity index (χ1v) is 5.81. The Kier molecular flexibility index (Phi) is 3.31. The van der Waals surface area contributed by atoms with Gasteiger partial charge in [-0.2, -0.15) is 9.36 Å². The highest BCUT2D eigenvalue weighted by Gasteiger charge is 2.10. The molecule has 0 saturated heterocycles. The summed E-state index contributed by atoms with van der Waals surface area (Å²) in [5, 5.41) is 0.839. The fraction of sp³-hybridized carbons (Fsp3) is 0.300. The zero-order chi connectivity index (χ0) is 11.4. The summed E-state index contributed by atoms with van der Waals surface area (Å²) in [4.78, 5) is 10.5. The third-order valence-corrected chi connectivity index (χ3v) is 2.95. The highest BCUT2D eigenvalue weighted by molar-refractivity contribution is 7.09. The summed E-state index contributed by atoms with van der Waals surface area (Å²) in [6.45, 7) is 3.65. The molecule has 0 saturated carbocycles. The van der Waals surface area contributed by atoms with Crippen molar-refractivity contribution in [3.05, 3.63) is 30.1 Å². The van der Waals surface area contributed by atoms with Gasteiger partial charge in [0.25, 0.3) is 0 Å². The molecule has 2 aromatic heterocycles. The van der Waals surface area contributed by atoms with Gasteiger partial charge in [-0.15, -0.1) is 0 Å². The SMILES string of the molecule is CCN(Cc1ccccn1)c1nc(N)ns1. The smallest absolute Gasteiger partial charge is 0.233 e. The Morgan fingerprint density at radius 3 is 2.88 bits per heavy atom. The van der Waals surface area contributed by atoms with Crippen molar-refractivity contribution in [2.45, 2.75) is 13.5 Å². The topological polar surface area (TPSA) is 67.9 Å². The Hall–Kier alpha value is -1.69. The van der Waals surface area contributed by atoms with Gasteiger partial charge in [-0.1, -0.05) is 6.07 Å². The van der Waals surface area contributed by atoms with E-state index in [0.717, 1.165) is 23.9 Å². The predicted octanol–water partition coefficient (Wildman–Crippen LogP) is 1.54. The summed E-state index contributed by atoms with van der Waals surface area (Å²) in [6, 6.07) is 5.88. The van der Waals surface area contributed by atoms with E-state index in [1.165, 1.54) is 11.5 Å². The molecule has 0 aliphatic heterocycles. The second-order valence-electron chi connectivity index (χ2n) is 3.27. The van der Waals surface area contributed by atoms with Gasteiger partial charge < -0.3 is 10.6 Å². The molecule has 0 amide bonds. The number of rotatable bonds is 4. The Balaban J connectivity index is 2.12. The van der Waals surface area contributed by atoms with E-state index in [1.807, 2.05) is 18.2 Å². The molecule has 0 aliphatic carbocycles. The molecule has 2 N–H and O–H groups in total. The van der Waals surface area contributed by atoms with Gasteiger partial charge >= 0.3 is 0 Å². The monoisotopic (exact) mass is 235 g/mol. The van der Waals surface area contributed by atoms with Gasteiger partial charge in [-0.05, 0) is 19.1 Å². The number of pyridine rings is 1. The third-order valence-electron chi connectivity index (χ3n) is 2.16. The van der Waals surface area contributed by atoms with E-state index in [0.29, 0.717) is 5.95 Å². The summed E-state index contributed by atoms with van der Waals surface area (Å²) >= 11 is 1.31. The second-order valence-corrected chi connectivity index (χ2v) is 4.00. The van der Waals surface area contributed by atoms with E-state index in [4.69, 9.17) is 5.73 Å². The van der Waals surface area contributed by atoms with Crippen LogP contribution in [0.15, 0.2) is 24.4 Å². The Morgan fingerprint density at radius 1 is 1.44 bits per heavy atom. The number of nitrogens with zero attached hydrogens (tertiary/aromatic N) is 4. The van der Waals surface area contributed by atoms with Gasteiger partial charge in [0.1, 0.15) is 0 Å². The first-order chi connectivity index (χ1) is 7.79. The molecule has 5 nitrogen and oxygen atoms in total.